The van der Waals surface area contributed by atoms with Crippen molar-refractivity contribution in [3.63, 3.8) is 0 Å². The minimum Gasteiger partial charge on any atom is -0.465 e. The van der Waals surface area contributed by atoms with Crippen LogP contribution >= 0.6 is 0 Å². The smallest absolute Gasteiger partial charge is 0.336 e. The molecule has 0 unspecified atom stereocenters. The lowest BCUT2D eigenvalue weighted by Gasteiger charge is -2.39. The minimum absolute atomic E-state index is 0.0383. The zero-order valence-electron chi connectivity index (χ0n) is 13.0. The Morgan fingerprint density at radius 2 is 1.80 bits per heavy atom. The van der Waals surface area contributed by atoms with Gasteiger partial charge in [-0.1, -0.05) is 6.08 Å². The highest BCUT2D eigenvalue weighted by Gasteiger charge is 2.29. The number of morpholine rings is 1. The lowest BCUT2D eigenvalue weighted by atomic mass is 10.0. The third-order valence-corrected chi connectivity index (χ3v) is 3.04. The molecule has 1 aliphatic heterocycles. The maximum Gasteiger partial charge on any atom is 0.336 e. The summed E-state index contributed by atoms with van der Waals surface area (Å²) in [6.07, 6.45) is 1.69. The van der Waals surface area contributed by atoms with E-state index in [9.17, 15) is 4.79 Å². The maximum atomic E-state index is 12.0. The maximum absolute atomic E-state index is 12.0. The number of carbonyl (C=O) groups excluding carboxylic acids is 1. The molecule has 112 valence electrons. The van der Waals surface area contributed by atoms with Crippen LogP contribution in [0.3, 0.4) is 0 Å². The fourth-order valence-corrected chi connectivity index (χ4v) is 2.03. The average molecular weight is 280 g/mol. The van der Waals surface area contributed by atoms with Crippen molar-refractivity contribution in [1.82, 2.24) is 4.90 Å². The van der Waals surface area contributed by atoms with Crippen molar-refractivity contribution in [3.05, 3.63) is 23.2 Å². The van der Waals surface area contributed by atoms with E-state index in [0.29, 0.717) is 13.2 Å². The fourth-order valence-electron chi connectivity index (χ4n) is 2.03. The molecule has 1 fully saturated rings. The lowest BCUT2D eigenvalue weighted by molar-refractivity contribution is -0.149. The van der Waals surface area contributed by atoms with Crippen LogP contribution in [0.25, 0.3) is 4.85 Å². The molecule has 20 heavy (non-hydrogen) atoms. The molecule has 0 amide bonds. The third-order valence-electron chi connectivity index (χ3n) is 3.04. The highest BCUT2D eigenvalue weighted by molar-refractivity contribution is 5.90. The number of rotatable bonds is 3. The van der Waals surface area contributed by atoms with Gasteiger partial charge in [-0.05, 0) is 34.6 Å². The Bertz CT molecular complexity index is 421. The van der Waals surface area contributed by atoms with Gasteiger partial charge in [-0.15, -0.1) is 0 Å². The Morgan fingerprint density at radius 1 is 1.25 bits per heavy atom. The summed E-state index contributed by atoms with van der Waals surface area (Å²) in [5.41, 5.74) is -0.929. The lowest BCUT2D eigenvalue weighted by Crippen LogP contribution is -2.49. The van der Waals surface area contributed by atoms with Gasteiger partial charge in [0.1, 0.15) is 5.60 Å². The second-order valence-corrected chi connectivity index (χ2v) is 6.40. The van der Waals surface area contributed by atoms with Crippen LogP contribution in [-0.4, -0.2) is 48.3 Å². The van der Waals surface area contributed by atoms with Gasteiger partial charge in [0, 0.05) is 18.6 Å². The molecule has 1 saturated heterocycles. The quantitative estimate of drug-likeness (QED) is 0.452. The van der Waals surface area contributed by atoms with Crippen molar-refractivity contribution in [3.8, 4) is 0 Å². The van der Waals surface area contributed by atoms with Gasteiger partial charge in [-0.2, -0.15) is 0 Å². The van der Waals surface area contributed by atoms with Gasteiger partial charge < -0.3 is 9.47 Å². The molecule has 5 nitrogen and oxygen atoms in total. The number of esters is 1. The molecular formula is C15H24N2O3. The fraction of sp³-hybridized carbons (Fsp3) is 0.733. The summed E-state index contributed by atoms with van der Waals surface area (Å²) in [6.45, 7) is 19.5. The van der Waals surface area contributed by atoms with E-state index in [1.54, 1.807) is 26.8 Å². The van der Waals surface area contributed by atoms with Gasteiger partial charge in [0.25, 0.3) is 5.70 Å². The zero-order valence-corrected chi connectivity index (χ0v) is 13.0. The first kappa shape index (κ1) is 16.7. The van der Waals surface area contributed by atoms with Crippen molar-refractivity contribution >= 4 is 5.97 Å². The molecular weight excluding hydrogens is 256 g/mol. The summed E-state index contributed by atoms with van der Waals surface area (Å²) in [6, 6.07) is 0. The van der Waals surface area contributed by atoms with Crippen LogP contribution in [0.5, 0.6) is 0 Å². The van der Waals surface area contributed by atoms with Crippen LogP contribution in [-0.2, 0) is 14.3 Å². The summed E-state index contributed by atoms with van der Waals surface area (Å²) in [7, 11) is 0. The van der Waals surface area contributed by atoms with Gasteiger partial charge in [0.2, 0.25) is 0 Å². The average Bonchev–Trinajstić information content (AvgIpc) is 2.35. The van der Waals surface area contributed by atoms with E-state index >= 15 is 0 Å². The molecule has 0 aromatic rings. The summed E-state index contributed by atoms with van der Waals surface area (Å²) in [4.78, 5) is 17.5. The van der Waals surface area contributed by atoms with Gasteiger partial charge >= 0.3 is 5.97 Å². The molecule has 1 heterocycles. The number of hydrogen-bond donors (Lipinski definition) is 0. The summed E-state index contributed by atoms with van der Waals surface area (Å²) >= 11 is 0. The van der Waals surface area contributed by atoms with Crippen LogP contribution in [0.2, 0.25) is 0 Å². The monoisotopic (exact) mass is 280 g/mol. The molecule has 0 aromatic carbocycles. The summed E-state index contributed by atoms with van der Waals surface area (Å²) < 4.78 is 10.6. The summed E-state index contributed by atoms with van der Waals surface area (Å²) in [5, 5.41) is 0. The molecule has 0 aliphatic carbocycles. The van der Waals surface area contributed by atoms with Gasteiger partial charge in [-0.3, -0.25) is 9.69 Å². The predicted octanol–water partition coefficient (Wildman–Crippen LogP) is 2.24. The van der Waals surface area contributed by atoms with E-state index in [0.717, 1.165) is 13.1 Å². The van der Waals surface area contributed by atoms with Crippen molar-refractivity contribution in [1.29, 1.82) is 0 Å². The van der Waals surface area contributed by atoms with Crippen molar-refractivity contribution in [2.75, 3.05) is 26.3 Å². The molecule has 0 radical (unpaired) electrons. The zero-order chi connectivity index (χ0) is 15.4. The first-order valence-electron chi connectivity index (χ1n) is 6.82. The number of hydrogen-bond acceptors (Lipinski definition) is 4. The van der Waals surface area contributed by atoms with E-state index in [4.69, 9.17) is 16.0 Å². The van der Waals surface area contributed by atoms with Crippen LogP contribution in [0.15, 0.2) is 11.8 Å². The molecule has 1 rings (SSSR count). The minimum atomic E-state index is -0.593. The highest BCUT2D eigenvalue weighted by Crippen LogP contribution is 2.21. The van der Waals surface area contributed by atoms with Crippen molar-refractivity contribution in [2.24, 2.45) is 0 Å². The standard InChI is InChI=1S/C15H24N2O3/c1-14(2,3)20-13(18)12(16-6)11-15(4,5)17-7-9-19-10-8-17/h11H,7-10H2,1-5H3. The van der Waals surface area contributed by atoms with E-state index in [2.05, 4.69) is 9.74 Å². The van der Waals surface area contributed by atoms with E-state index in [1.807, 2.05) is 13.8 Å². The van der Waals surface area contributed by atoms with E-state index in [1.165, 1.54) is 0 Å². The second kappa shape index (κ2) is 6.38. The second-order valence-electron chi connectivity index (χ2n) is 6.40. The first-order chi connectivity index (χ1) is 9.15. The number of nitrogens with zero attached hydrogens (tertiary/aromatic N) is 2. The Balaban J connectivity index is 2.86. The molecule has 0 aromatic heterocycles. The molecule has 0 spiro atoms. The molecule has 0 atom stereocenters. The molecule has 0 bridgehead atoms. The van der Waals surface area contributed by atoms with Gasteiger partial charge in [0.05, 0.1) is 19.8 Å². The third kappa shape index (κ3) is 4.95. The van der Waals surface area contributed by atoms with Gasteiger partial charge in [-0.25, -0.2) is 4.85 Å². The van der Waals surface area contributed by atoms with Gasteiger partial charge in [0.15, 0.2) is 0 Å². The van der Waals surface area contributed by atoms with Crippen LogP contribution in [0.1, 0.15) is 34.6 Å². The van der Waals surface area contributed by atoms with Crippen molar-refractivity contribution in [2.45, 2.75) is 45.8 Å². The van der Waals surface area contributed by atoms with Crippen molar-refractivity contribution < 1.29 is 14.3 Å². The van der Waals surface area contributed by atoms with Crippen LogP contribution in [0, 0.1) is 6.57 Å². The Labute approximate surface area is 121 Å². The molecule has 1 aliphatic rings. The largest absolute Gasteiger partial charge is 0.465 e. The molecule has 5 heteroatoms. The predicted molar refractivity (Wildman–Crippen MR) is 77.0 cm³/mol. The first-order valence-corrected chi connectivity index (χ1v) is 6.82. The Morgan fingerprint density at radius 3 is 2.25 bits per heavy atom. The SMILES string of the molecule is [C-]#[N+]C(=CC(C)(C)N1CCOCC1)C(=O)OC(C)(C)C. The number of carbonyl (C=O) groups is 1. The van der Waals surface area contributed by atoms with Crippen LogP contribution < -0.4 is 0 Å². The molecule has 0 N–H and O–H groups in total. The Kier molecular flexibility index (Phi) is 5.32. The van der Waals surface area contributed by atoms with Crippen LogP contribution in [0.4, 0.5) is 0 Å². The summed E-state index contributed by atoms with van der Waals surface area (Å²) in [5.74, 6) is -0.561. The highest BCUT2D eigenvalue weighted by atomic mass is 16.6. The Hall–Kier alpha value is -1.38. The normalized spacial score (nSPS) is 18.5. The molecule has 0 saturated carbocycles. The van der Waals surface area contributed by atoms with E-state index in [-0.39, 0.29) is 11.2 Å². The van der Waals surface area contributed by atoms with E-state index < -0.39 is 11.6 Å². The number of ether oxygens (including phenoxy) is 2. The topological polar surface area (TPSA) is 43.1 Å².